The topological polar surface area (TPSA) is 106 Å². The summed E-state index contributed by atoms with van der Waals surface area (Å²) in [6, 6.07) is 11.0. The monoisotopic (exact) mass is 658 g/mol. The van der Waals surface area contributed by atoms with Gasteiger partial charge in [-0.1, -0.05) is 27.3 Å². The minimum Gasteiger partial charge on any atom is -0.482 e. The van der Waals surface area contributed by atoms with Crippen LogP contribution in [0.1, 0.15) is 29.7 Å². The van der Waals surface area contributed by atoms with Crippen molar-refractivity contribution in [3.8, 4) is 5.75 Å². The van der Waals surface area contributed by atoms with Crippen LogP contribution in [0.4, 0.5) is 10.1 Å². The Morgan fingerprint density at radius 1 is 1.10 bits per heavy atom. The molecule has 2 amide bonds. The van der Waals surface area contributed by atoms with Crippen LogP contribution >= 0.6 is 39.0 Å². The van der Waals surface area contributed by atoms with E-state index in [1.807, 2.05) is 12.1 Å². The number of carbonyl (C=O) groups is 3. The van der Waals surface area contributed by atoms with E-state index in [0.717, 1.165) is 37.7 Å². The number of anilines is 1. The van der Waals surface area contributed by atoms with Crippen LogP contribution in [0.15, 0.2) is 56.8 Å². The van der Waals surface area contributed by atoms with Gasteiger partial charge in [-0.25, -0.2) is 9.18 Å². The summed E-state index contributed by atoms with van der Waals surface area (Å²) in [7, 11) is 0. The van der Waals surface area contributed by atoms with Gasteiger partial charge in [0.2, 0.25) is 11.8 Å². The standard InChI is InChI=1S/C29H24BrFN2O6S2/c1-2-38-19(34)11-39-18-8-3-12(30)9-15(18)20-21-16-10-17(24(21)40-26-25(20)41-29(37)32-26)23-22(16)27(35)33(28(23)36)14-6-4-13(31)5-7-14/h3-9,16-17,20-24H,2,10-11H2,1H3,(H,32,37)/t16-,17-,20+,21-,22+,23+,24-/m1/s1. The molecule has 2 saturated carbocycles. The summed E-state index contributed by atoms with van der Waals surface area (Å²) >= 11 is 6.32. The van der Waals surface area contributed by atoms with Crippen molar-refractivity contribution >= 4 is 62.5 Å². The average Bonchev–Trinajstić information content (AvgIpc) is 3.67. The van der Waals surface area contributed by atoms with Crippen LogP contribution in [0.5, 0.6) is 5.75 Å². The Bertz CT molecular complexity index is 1640. The van der Waals surface area contributed by atoms with Crippen LogP contribution < -0.4 is 14.5 Å². The third-order valence-corrected chi connectivity index (χ3v) is 11.8. The Labute approximate surface area is 250 Å². The molecule has 1 N–H and O–H groups in total. The maximum Gasteiger partial charge on any atom is 0.344 e. The molecule has 0 radical (unpaired) electrons. The molecule has 7 atom stereocenters. The van der Waals surface area contributed by atoms with Gasteiger partial charge in [-0.05, 0) is 73.6 Å². The molecule has 0 unspecified atom stereocenters. The first-order chi connectivity index (χ1) is 19.8. The largest absolute Gasteiger partial charge is 0.482 e. The van der Waals surface area contributed by atoms with Crippen molar-refractivity contribution in [2.75, 3.05) is 18.1 Å². The van der Waals surface area contributed by atoms with E-state index in [2.05, 4.69) is 20.9 Å². The molecule has 0 spiro atoms. The maximum atomic E-state index is 13.9. The number of esters is 1. The summed E-state index contributed by atoms with van der Waals surface area (Å²) < 4.78 is 25.4. The first-order valence-electron chi connectivity index (χ1n) is 13.4. The van der Waals surface area contributed by atoms with E-state index < -0.39 is 23.6 Å². The van der Waals surface area contributed by atoms with Gasteiger partial charge in [0.15, 0.2) is 6.61 Å². The second-order valence-electron chi connectivity index (χ2n) is 10.7. The number of thioether (sulfide) groups is 1. The minimum absolute atomic E-state index is 0.00851. The number of halogens is 2. The predicted molar refractivity (Wildman–Crippen MR) is 154 cm³/mol. The van der Waals surface area contributed by atoms with Gasteiger partial charge < -0.3 is 14.5 Å². The zero-order chi connectivity index (χ0) is 28.6. The van der Waals surface area contributed by atoms with Gasteiger partial charge >= 0.3 is 10.8 Å². The number of imide groups is 1. The fourth-order valence-electron chi connectivity index (χ4n) is 7.44. The highest BCUT2D eigenvalue weighted by Crippen LogP contribution is 2.69. The molecular formula is C29H24BrFN2O6S2. The van der Waals surface area contributed by atoms with Gasteiger partial charge in [0.1, 0.15) is 11.6 Å². The number of hydrogen-bond donors (Lipinski definition) is 1. The Morgan fingerprint density at radius 3 is 2.56 bits per heavy atom. The lowest BCUT2D eigenvalue weighted by atomic mass is 9.68. The van der Waals surface area contributed by atoms with Crippen LogP contribution in [0.3, 0.4) is 0 Å². The number of fused-ring (bicyclic) bond motifs is 9. The molecule has 1 saturated heterocycles. The molecule has 212 valence electrons. The number of thiazole rings is 1. The van der Waals surface area contributed by atoms with E-state index in [9.17, 15) is 23.6 Å². The number of H-pyrrole nitrogens is 1. The number of ether oxygens (including phenoxy) is 2. The zero-order valence-corrected chi connectivity index (χ0v) is 24.9. The summed E-state index contributed by atoms with van der Waals surface area (Å²) in [5, 5.41) is 0.768. The third kappa shape index (κ3) is 4.20. The second-order valence-corrected chi connectivity index (χ2v) is 13.8. The molecule has 2 aromatic carbocycles. The van der Waals surface area contributed by atoms with Crippen LogP contribution in [-0.4, -0.2) is 41.2 Å². The van der Waals surface area contributed by atoms with Crippen molar-refractivity contribution in [1.29, 1.82) is 0 Å². The minimum atomic E-state index is -0.491. The normalized spacial score (nSPS) is 29.3. The fourth-order valence-corrected chi connectivity index (χ4v) is 10.7. The van der Waals surface area contributed by atoms with Gasteiger partial charge in [-0.2, -0.15) is 0 Å². The van der Waals surface area contributed by atoms with E-state index in [1.165, 1.54) is 29.2 Å². The lowest BCUT2D eigenvalue weighted by Crippen LogP contribution is -2.42. The molecule has 3 fully saturated rings. The van der Waals surface area contributed by atoms with E-state index in [-0.39, 0.29) is 58.8 Å². The number of nitrogens with one attached hydrogen (secondary N) is 1. The van der Waals surface area contributed by atoms with Crippen LogP contribution in [0.25, 0.3) is 0 Å². The highest BCUT2D eigenvalue weighted by molar-refractivity contribution is 9.10. The quantitative estimate of drug-likeness (QED) is 0.295. The van der Waals surface area contributed by atoms with Crippen LogP contribution in [0.2, 0.25) is 0 Å². The summed E-state index contributed by atoms with van der Waals surface area (Å²) in [6.07, 6.45) is 0.731. The van der Waals surface area contributed by atoms with Crippen molar-refractivity contribution < 1.29 is 28.2 Å². The molecule has 12 heteroatoms. The Balaban J connectivity index is 1.30. The molecule has 41 heavy (non-hydrogen) atoms. The van der Waals surface area contributed by atoms with Crippen molar-refractivity contribution in [2.24, 2.45) is 29.6 Å². The molecule has 2 bridgehead atoms. The second kappa shape index (κ2) is 10.1. The smallest absolute Gasteiger partial charge is 0.344 e. The number of aromatic nitrogens is 1. The molecule has 2 aliphatic heterocycles. The Hall–Kier alpha value is -2.96. The summed E-state index contributed by atoms with van der Waals surface area (Å²) in [5.74, 6) is -2.34. The number of carbonyl (C=O) groups excluding carboxylic acids is 3. The zero-order valence-electron chi connectivity index (χ0n) is 21.7. The van der Waals surface area contributed by atoms with Gasteiger partial charge in [0, 0.05) is 26.1 Å². The highest BCUT2D eigenvalue weighted by Gasteiger charge is 2.69. The first kappa shape index (κ1) is 26.9. The van der Waals surface area contributed by atoms with Crippen molar-refractivity contribution in [3.05, 3.63) is 72.9 Å². The summed E-state index contributed by atoms with van der Waals surface area (Å²) in [4.78, 5) is 57.2. The van der Waals surface area contributed by atoms with E-state index in [0.29, 0.717) is 11.4 Å². The lowest BCUT2D eigenvalue weighted by molar-refractivity contribution is -0.145. The van der Waals surface area contributed by atoms with Gasteiger partial charge in [-0.3, -0.25) is 19.3 Å². The molecule has 4 aliphatic rings. The summed E-state index contributed by atoms with van der Waals surface area (Å²) in [6.45, 7) is 1.71. The predicted octanol–water partition coefficient (Wildman–Crippen LogP) is 4.96. The molecule has 2 aliphatic carbocycles. The van der Waals surface area contributed by atoms with Crippen molar-refractivity contribution in [3.63, 3.8) is 0 Å². The molecule has 3 heterocycles. The van der Waals surface area contributed by atoms with E-state index in [1.54, 1.807) is 24.8 Å². The highest BCUT2D eigenvalue weighted by atomic mass is 79.9. The molecular weight excluding hydrogens is 635 g/mol. The fraction of sp³-hybridized carbons (Fsp3) is 0.379. The van der Waals surface area contributed by atoms with Crippen molar-refractivity contribution in [1.82, 2.24) is 4.98 Å². The van der Waals surface area contributed by atoms with Gasteiger partial charge in [-0.15, -0.1) is 11.8 Å². The molecule has 8 nitrogen and oxygen atoms in total. The average molecular weight is 660 g/mol. The Morgan fingerprint density at radius 2 is 1.83 bits per heavy atom. The van der Waals surface area contributed by atoms with Crippen LogP contribution in [-0.2, 0) is 19.1 Å². The number of amides is 2. The number of nitrogens with zero attached hydrogens (tertiary/aromatic N) is 1. The number of hydrogen-bond acceptors (Lipinski definition) is 8. The number of rotatable bonds is 6. The number of benzene rings is 2. The van der Waals surface area contributed by atoms with Crippen LogP contribution in [0, 0.1) is 35.4 Å². The SMILES string of the molecule is CCOC(=O)COc1ccc(Br)cc1[C@@H]1c2sc(=O)[nH]c2S[C@@H]2[C@@H]3C[C@@H]([C@@H]4C(=O)N(c5ccc(F)cc5)C(=O)[C@@H]34)[C@H]12. The van der Waals surface area contributed by atoms with E-state index >= 15 is 0 Å². The van der Waals surface area contributed by atoms with Gasteiger partial charge in [0.25, 0.3) is 0 Å². The van der Waals surface area contributed by atoms with Crippen molar-refractivity contribution in [2.45, 2.75) is 29.5 Å². The van der Waals surface area contributed by atoms with E-state index in [4.69, 9.17) is 9.47 Å². The molecule has 7 rings (SSSR count). The Kier molecular flexibility index (Phi) is 6.62. The molecule has 3 aromatic rings. The lowest BCUT2D eigenvalue weighted by Gasteiger charge is -2.43. The first-order valence-corrected chi connectivity index (χ1v) is 15.9. The summed E-state index contributed by atoms with van der Waals surface area (Å²) in [5.41, 5.74) is 1.19. The maximum absolute atomic E-state index is 13.9. The third-order valence-electron chi connectivity index (χ3n) is 8.77. The van der Waals surface area contributed by atoms with Gasteiger partial charge in [0.05, 0.1) is 29.2 Å². The molecule has 1 aromatic heterocycles. The number of aromatic amines is 1.